The molecule has 11 heteroatoms. The molecule has 0 aliphatic heterocycles. The second-order valence-corrected chi connectivity index (χ2v) is 7.31. The van der Waals surface area contributed by atoms with Gasteiger partial charge in [-0.1, -0.05) is 0 Å². The highest BCUT2D eigenvalue weighted by atomic mass is 16.5. The van der Waals surface area contributed by atoms with E-state index in [9.17, 15) is 9.59 Å². The van der Waals surface area contributed by atoms with Crippen molar-refractivity contribution in [2.45, 2.75) is 25.3 Å². The lowest BCUT2D eigenvalue weighted by atomic mass is 10.2. The molecule has 3 aromatic heterocycles. The van der Waals surface area contributed by atoms with Crippen molar-refractivity contribution in [3.05, 3.63) is 54.1 Å². The minimum atomic E-state index is -0.455. The molecule has 1 aliphatic rings. The summed E-state index contributed by atoms with van der Waals surface area (Å²) in [5.74, 6) is -0.453. The minimum absolute atomic E-state index is 0.214. The molecule has 0 aromatic carbocycles. The standard InChI is InChI=1S/C21H24N8O3/c1-22-21(31)19-17(11-25-29(19)7-8-32-2)28-20(30)18-16(26-14-9-23-12-24-10-14)6-5-15(27-18)13-3-4-13/h5-6,9-13,26H,3-4,7-8H2,1-2H3,(H,22,31)(H,28,30). The third-order valence-electron chi connectivity index (χ3n) is 5.00. The maximum atomic E-state index is 13.3. The monoisotopic (exact) mass is 436 g/mol. The van der Waals surface area contributed by atoms with Crippen molar-refractivity contribution in [1.29, 1.82) is 0 Å². The minimum Gasteiger partial charge on any atom is -0.383 e. The van der Waals surface area contributed by atoms with Crippen LogP contribution in [0.4, 0.5) is 17.1 Å². The molecular weight excluding hydrogens is 412 g/mol. The molecule has 3 N–H and O–H groups in total. The Morgan fingerprint density at radius 2 is 1.91 bits per heavy atom. The molecule has 0 atom stereocenters. The second-order valence-electron chi connectivity index (χ2n) is 7.31. The maximum Gasteiger partial charge on any atom is 0.276 e. The zero-order valence-corrected chi connectivity index (χ0v) is 17.8. The highest BCUT2D eigenvalue weighted by molar-refractivity contribution is 6.10. The number of hydrogen-bond donors (Lipinski definition) is 3. The molecule has 0 saturated heterocycles. The molecule has 11 nitrogen and oxygen atoms in total. The highest BCUT2D eigenvalue weighted by Gasteiger charge is 2.28. The summed E-state index contributed by atoms with van der Waals surface area (Å²) in [5.41, 5.74) is 2.74. The summed E-state index contributed by atoms with van der Waals surface area (Å²) in [4.78, 5) is 38.3. The van der Waals surface area contributed by atoms with Gasteiger partial charge >= 0.3 is 0 Å². The average molecular weight is 436 g/mol. The zero-order chi connectivity index (χ0) is 22.5. The Kier molecular flexibility index (Phi) is 6.36. The lowest BCUT2D eigenvalue weighted by Gasteiger charge is -2.13. The van der Waals surface area contributed by atoms with Crippen LogP contribution in [0.25, 0.3) is 0 Å². The fraction of sp³-hybridized carbons (Fsp3) is 0.333. The van der Waals surface area contributed by atoms with Gasteiger partial charge in [0.25, 0.3) is 11.8 Å². The number of nitrogens with one attached hydrogen (secondary N) is 3. The number of carbonyl (C=O) groups is 2. The van der Waals surface area contributed by atoms with E-state index in [2.05, 4.69) is 36.0 Å². The average Bonchev–Trinajstić information content (AvgIpc) is 3.59. The molecule has 1 fully saturated rings. The van der Waals surface area contributed by atoms with Crippen LogP contribution in [-0.4, -0.2) is 57.3 Å². The maximum absolute atomic E-state index is 13.3. The molecule has 1 aliphatic carbocycles. The first-order valence-corrected chi connectivity index (χ1v) is 10.2. The van der Waals surface area contributed by atoms with E-state index in [1.807, 2.05) is 12.1 Å². The van der Waals surface area contributed by atoms with Crippen molar-refractivity contribution in [1.82, 2.24) is 30.0 Å². The van der Waals surface area contributed by atoms with Gasteiger partial charge in [0.05, 0.1) is 48.8 Å². The summed E-state index contributed by atoms with van der Waals surface area (Å²) >= 11 is 0. The number of nitrogens with zero attached hydrogens (tertiary/aromatic N) is 5. The number of anilines is 3. The molecular formula is C21H24N8O3. The quantitative estimate of drug-likeness (QED) is 0.463. The van der Waals surface area contributed by atoms with Gasteiger partial charge in [0.15, 0.2) is 5.69 Å². The number of rotatable bonds is 9. The van der Waals surface area contributed by atoms with E-state index in [-0.39, 0.29) is 23.0 Å². The Morgan fingerprint density at radius 3 is 2.59 bits per heavy atom. The number of pyridine rings is 1. The molecule has 0 bridgehead atoms. The third kappa shape index (κ3) is 4.72. The summed E-state index contributed by atoms with van der Waals surface area (Å²) in [5, 5.41) is 12.7. The van der Waals surface area contributed by atoms with Crippen LogP contribution in [0.15, 0.2) is 37.1 Å². The lowest BCUT2D eigenvalue weighted by Crippen LogP contribution is -2.25. The van der Waals surface area contributed by atoms with Crippen LogP contribution in [0.5, 0.6) is 0 Å². The summed E-state index contributed by atoms with van der Waals surface area (Å²) in [7, 11) is 3.09. The molecule has 32 heavy (non-hydrogen) atoms. The second kappa shape index (κ2) is 9.52. The highest BCUT2D eigenvalue weighted by Crippen LogP contribution is 2.39. The topological polar surface area (TPSA) is 136 Å². The number of ether oxygens (including phenoxy) is 1. The van der Waals surface area contributed by atoms with Crippen molar-refractivity contribution in [2.24, 2.45) is 0 Å². The van der Waals surface area contributed by atoms with E-state index in [0.717, 1.165) is 18.5 Å². The lowest BCUT2D eigenvalue weighted by molar-refractivity contribution is 0.0949. The first-order valence-electron chi connectivity index (χ1n) is 10.2. The summed E-state index contributed by atoms with van der Waals surface area (Å²) in [6, 6.07) is 3.74. The van der Waals surface area contributed by atoms with Gasteiger partial charge in [0.1, 0.15) is 12.0 Å². The molecule has 0 radical (unpaired) electrons. The predicted octanol–water partition coefficient (Wildman–Crippen LogP) is 1.95. The van der Waals surface area contributed by atoms with Crippen molar-refractivity contribution < 1.29 is 14.3 Å². The largest absolute Gasteiger partial charge is 0.383 e. The molecule has 2 amide bonds. The molecule has 0 spiro atoms. The predicted molar refractivity (Wildman–Crippen MR) is 117 cm³/mol. The Labute approximate surface area is 184 Å². The molecule has 3 aromatic rings. The first kappa shape index (κ1) is 21.4. The fourth-order valence-corrected chi connectivity index (χ4v) is 3.24. The zero-order valence-electron chi connectivity index (χ0n) is 17.8. The number of amides is 2. The van der Waals surface area contributed by atoms with Crippen molar-refractivity contribution in [2.75, 3.05) is 31.4 Å². The third-order valence-corrected chi connectivity index (χ3v) is 5.00. The van der Waals surface area contributed by atoms with Gasteiger partial charge < -0.3 is 20.7 Å². The number of hydrogen-bond acceptors (Lipinski definition) is 8. The van der Waals surface area contributed by atoms with Crippen molar-refractivity contribution >= 4 is 28.9 Å². The Balaban J connectivity index is 1.64. The van der Waals surface area contributed by atoms with Gasteiger partial charge in [-0.25, -0.2) is 15.0 Å². The van der Waals surface area contributed by atoms with E-state index in [4.69, 9.17) is 4.74 Å². The molecule has 166 valence electrons. The van der Waals surface area contributed by atoms with Gasteiger partial charge in [-0.3, -0.25) is 14.3 Å². The van der Waals surface area contributed by atoms with Crippen LogP contribution in [0.1, 0.15) is 45.4 Å². The van der Waals surface area contributed by atoms with Gasteiger partial charge in [-0.2, -0.15) is 5.10 Å². The van der Waals surface area contributed by atoms with Gasteiger partial charge in [0.2, 0.25) is 0 Å². The van der Waals surface area contributed by atoms with E-state index >= 15 is 0 Å². The van der Waals surface area contributed by atoms with E-state index in [0.29, 0.717) is 30.4 Å². The van der Waals surface area contributed by atoms with E-state index in [1.165, 1.54) is 24.3 Å². The molecule has 4 rings (SSSR count). The molecule has 3 heterocycles. The van der Waals surface area contributed by atoms with Crippen LogP contribution >= 0.6 is 0 Å². The van der Waals surface area contributed by atoms with Crippen LogP contribution in [0.3, 0.4) is 0 Å². The van der Waals surface area contributed by atoms with E-state index in [1.54, 1.807) is 19.5 Å². The fourth-order valence-electron chi connectivity index (χ4n) is 3.24. The van der Waals surface area contributed by atoms with Crippen LogP contribution < -0.4 is 16.0 Å². The molecule has 0 unspecified atom stereocenters. The van der Waals surface area contributed by atoms with Gasteiger partial charge in [-0.05, 0) is 25.0 Å². The number of aromatic nitrogens is 5. The first-order chi connectivity index (χ1) is 15.6. The van der Waals surface area contributed by atoms with E-state index < -0.39 is 5.91 Å². The van der Waals surface area contributed by atoms with Gasteiger partial charge in [-0.15, -0.1) is 0 Å². The Bertz CT molecular complexity index is 1110. The summed E-state index contributed by atoms with van der Waals surface area (Å²) in [6.45, 7) is 0.739. The number of carbonyl (C=O) groups excluding carboxylic acids is 2. The Hall–Kier alpha value is -3.86. The van der Waals surface area contributed by atoms with Crippen molar-refractivity contribution in [3.63, 3.8) is 0 Å². The Morgan fingerprint density at radius 1 is 1.12 bits per heavy atom. The van der Waals surface area contributed by atoms with Crippen molar-refractivity contribution in [3.8, 4) is 0 Å². The van der Waals surface area contributed by atoms with Crippen LogP contribution in [-0.2, 0) is 11.3 Å². The summed E-state index contributed by atoms with van der Waals surface area (Å²) in [6.07, 6.45) is 8.19. The smallest absolute Gasteiger partial charge is 0.276 e. The number of methoxy groups -OCH3 is 1. The summed E-state index contributed by atoms with van der Waals surface area (Å²) < 4.78 is 6.57. The normalized spacial score (nSPS) is 12.9. The van der Waals surface area contributed by atoms with Crippen LogP contribution in [0.2, 0.25) is 0 Å². The van der Waals surface area contributed by atoms with Crippen LogP contribution in [0, 0.1) is 0 Å². The molecule has 1 saturated carbocycles. The van der Waals surface area contributed by atoms with Gasteiger partial charge in [0, 0.05) is 25.8 Å². The SMILES string of the molecule is CNC(=O)c1c(NC(=O)c2nc(C3CC3)ccc2Nc2cncnc2)cnn1CCOC.